The van der Waals surface area contributed by atoms with Crippen LogP contribution in [0.4, 0.5) is 19.0 Å². The highest BCUT2D eigenvalue weighted by molar-refractivity contribution is 5.96. The fourth-order valence-corrected chi connectivity index (χ4v) is 2.37. The lowest BCUT2D eigenvalue weighted by molar-refractivity contribution is -0.139. The fourth-order valence-electron chi connectivity index (χ4n) is 2.37. The summed E-state index contributed by atoms with van der Waals surface area (Å²) in [6.45, 7) is -0.589. The summed E-state index contributed by atoms with van der Waals surface area (Å²) in [6.07, 6.45) is -3.67. The number of aromatic nitrogens is 3. The molecule has 24 heavy (non-hydrogen) atoms. The van der Waals surface area contributed by atoms with Gasteiger partial charge in [0.25, 0.3) is 11.5 Å². The van der Waals surface area contributed by atoms with Crippen molar-refractivity contribution >= 4 is 22.6 Å². The Morgan fingerprint density at radius 1 is 1.17 bits per heavy atom. The van der Waals surface area contributed by atoms with E-state index < -0.39 is 29.8 Å². The molecule has 0 fully saturated rings. The Balaban J connectivity index is 2.00. The number of carbonyl (C=O) groups is 1. The lowest BCUT2D eigenvalue weighted by atomic mass is 10.2. The van der Waals surface area contributed by atoms with Crippen molar-refractivity contribution < 1.29 is 18.0 Å². The van der Waals surface area contributed by atoms with Crippen LogP contribution < -0.4 is 11.3 Å². The minimum Gasteiger partial charge on any atom is -0.382 e. The normalized spacial score (nSPS) is 11.8. The number of anilines is 1. The van der Waals surface area contributed by atoms with Gasteiger partial charge in [-0.15, -0.1) is 5.10 Å². The molecule has 0 aliphatic carbocycles. The molecule has 0 spiro atoms. The van der Waals surface area contributed by atoms with Gasteiger partial charge >= 0.3 is 6.18 Å². The van der Waals surface area contributed by atoms with Crippen molar-refractivity contribution in [2.24, 2.45) is 0 Å². The Bertz CT molecular complexity index is 988. The summed E-state index contributed by atoms with van der Waals surface area (Å²) < 4.78 is 40.0. The highest BCUT2D eigenvalue weighted by Crippen LogP contribution is 2.26. The standard InChI is InChI=1S/C15H11F3N4O2/c16-15(17,18)10-5-3-7-21(14(10)24)8-12(23)22-11-6-2-1-4-9(11)13(19)20-22/h1-7H,8H2,(H2,19,20). The number of hydrogen-bond acceptors (Lipinski definition) is 4. The van der Waals surface area contributed by atoms with Crippen molar-refractivity contribution in [1.82, 2.24) is 14.3 Å². The molecule has 2 heterocycles. The molecule has 2 aromatic heterocycles. The van der Waals surface area contributed by atoms with Gasteiger partial charge in [0, 0.05) is 11.6 Å². The van der Waals surface area contributed by atoms with Gasteiger partial charge in [0.1, 0.15) is 12.1 Å². The summed E-state index contributed by atoms with van der Waals surface area (Å²) in [5.74, 6) is -0.556. The van der Waals surface area contributed by atoms with Gasteiger partial charge in [-0.2, -0.15) is 17.9 Å². The molecule has 0 amide bonds. The van der Waals surface area contributed by atoms with Crippen LogP contribution in [0.25, 0.3) is 10.9 Å². The Labute approximate surface area is 132 Å². The van der Waals surface area contributed by atoms with Crippen molar-refractivity contribution in [1.29, 1.82) is 0 Å². The molecule has 0 aliphatic heterocycles. The average molecular weight is 336 g/mol. The Kier molecular flexibility index (Phi) is 3.63. The maximum absolute atomic E-state index is 12.8. The van der Waals surface area contributed by atoms with Gasteiger partial charge < -0.3 is 10.3 Å². The van der Waals surface area contributed by atoms with Crippen LogP contribution in [0.15, 0.2) is 47.4 Å². The number of fused-ring (bicyclic) bond motifs is 1. The Morgan fingerprint density at radius 3 is 2.58 bits per heavy atom. The zero-order valence-corrected chi connectivity index (χ0v) is 12.1. The van der Waals surface area contributed by atoms with Gasteiger partial charge in [0.15, 0.2) is 5.82 Å². The van der Waals surface area contributed by atoms with Gasteiger partial charge in [0.05, 0.1) is 5.52 Å². The topological polar surface area (TPSA) is 82.9 Å². The first-order valence-corrected chi connectivity index (χ1v) is 6.82. The predicted molar refractivity (Wildman–Crippen MR) is 80.5 cm³/mol. The van der Waals surface area contributed by atoms with Crippen LogP contribution in [-0.2, 0) is 12.7 Å². The van der Waals surface area contributed by atoms with Crippen LogP contribution in [0.3, 0.4) is 0 Å². The lowest BCUT2D eigenvalue weighted by Crippen LogP contribution is -2.31. The lowest BCUT2D eigenvalue weighted by Gasteiger charge is -2.10. The first kappa shape index (κ1) is 15.8. The third kappa shape index (κ3) is 2.64. The zero-order valence-electron chi connectivity index (χ0n) is 12.1. The van der Waals surface area contributed by atoms with Crippen molar-refractivity contribution in [3.05, 3.63) is 58.5 Å². The minimum absolute atomic E-state index is 0.121. The predicted octanol–water partition coefficient (Wildman–Crippen LogP) is 2.14. The molecule has 3 rings (SSSR count). The van der Waals surface area contributed by atoms with Crippen molar-refractivity contribution in [3.8, 4) is 0 Å². The summed E-state index contributed by atoms with van der Waals surface area (Å²) in [5, 5.41) is 4.44. The number of pyridine rings is 1. The van der Waals surface area contributed by atoms with E-state index in [4.69, 9.17) is 5.73 Å². The first-order chi connectivity index (χ1) is 11.3. The molecule has 0 bridgehead atoms. The molecule has 124 valence electrons. The van der Waals surface area contributed by atoms with Gasteiger partial charge in [-0.1, -0.05) is 12.1 Å². The third-order valence-electron chi connectivity index (χ3n) is 3.48. The number of nitrogens with two attached hydrogens (primary N) is 1. The molecule has 0 radical (unpaired) electrons. The van der Waals surface area contributed by atoms with Gasteiger partial charge in [-0.25, -0.2) is 0 Å². The van der Waals surface area contributed by atoms with Crippen LogP contribution in [0.2, 0.25) is 0 Å². The van der Waals surface area contributed by atoms with Crippen LogP contribution in [0, 0.1) is 0 Å². The maximum atomic E-state index is 12.8. The van der Waals surface area contributed by atoms with E-state index in [0.717, 1.165) is 16.9 Å². The summed E-state index contributed by atoms with van der Waals surface area (Å²) in [4.78, 5) is 24.2. The van der Waals surface area contributed by atoms with Crippen molar-refractivity contribution in [3.63, 3.8) is 0 Å². The van der Waals surface area contributed by atoms with Gasteiger partial charge in [-0.3, -0.25) is 9.59 Å². The molecule has 0 atom stereocenters. The quantitative estimate of drug-likeness (QED) is 0.777. The number of alkyl halides is 3. The molecule has 0 saturated heterocycles. The van der Waals surface area contributed by atoms with Crippen LogP contribution >= 0.6 is 0 Å². The van der Waals surface area contributed by atoms with Gasteiger partial charge in [0.2, 0.25) is 0 Å². The van der Waals surface area contributed by atoms with E-state index >= 15 is 0 Å². The number of nitrogen functional groups attached to an aromatic ring is 1. The number of para-hydroxylation sites is 1. The number of carbonyl (C=O) groups excluding carboxylic acids is 1. The Morgan fingerprint density at radius 2 is 1.88 bits per heavy atom. The van der Waals surface area contributed by atoms with Crippen LogP contribution in [0.1, 0.15) is 10.4 Å². The van der Waals surface area contributed by atoms with Crippen molar-refractivity contribution in [2.75, 3.05) is 5.73 Å². The number of halogens is 3. The number of hydrogen-bond donors (Lipinski definition) is 1. The van der Waals surface area contributed by atoms with E-state index in [1.165, 1.54) is 0 Å². The molecular formula is C15H11F3N4O2. The molecule has 0 unspecified atom stereocenters. The highest BCUT2D eigenvalue weighted by Gasteiger charge is 2.34. The number of benzene rings is 1. The molecule has 3 aromatic rings. The first-order valence-electron chi connectivity index (χ1n) is 6.82. The van der Waals surface area contributed by atoms with Gasteiger partial charge in [-0.05, 0) is 24.3 Å². The van der Waals surface area contributed by atoms with E-state index in [2.05, 4.69) is 5.10 Å². The second-order valence-electron chi connectivity index (χ2n) is 5.06. The number of nitrogens with zero attached hydrogens (tertiary/aromatic N) is 3. The van der Waals surface area contributed by atoms with Crippen molar-refractivity contribution in [2.45, 2.75) is 12.7 Å². The summed E-state index contributed by atoms with van der Waals surface area (Å²) in [7, 11) is 0. The smallest absolute Gasteiger partial charge is 0.382 e. The summed E-state index contributed by atoms with van der Waals surface area (Å²) >= 11 is 0. The van der Waals surface area contributed by atoms with E-state index in [-0.39, 0.29) is 5.82 Å². The Hall–Kier alpha value is -3.10. The van der Waals surface area contributed by atoms with E-state index in [1.807, 2.05) is 0 Å². The van der Waals surface area contributed by atoms with E-state index in [1.54, 1.807) is 24.3 Å². The molecule has 6 nitrogen and oxygen atoms in total. The molecule has 0 saturated carbocycles. The summed E-state index contributed by atoms with van der Waals surface area (Å²) in [6, 6.07) is 8.39. The average Bonchev–Trinajstić information content (AvgIpc) is 2.86. The highest BCUT2D eigenvalue weighted by atomic mass is 19.4. The van der Waals surface area contributed by atoms with E-state index in [9.17, 15) is 22.8 Å². The SMILES string of the molecule is Nc1nn(C(=O)Cn2cccc(C(F)(F)F)c2=O)c2ccccc12. The summed E-state index contributed by atoms with van der Waals surface area (Å²) in [5.41, 5.74) is 3.51. The molecular weight excluding hydrogens is 325 g/mol. The molecule has 0 aliphatic rings. The largest absolute Gasteiger partial charge is 0.421 e. The third-order valence-corrected chi connectivity index (χ3v) is 3.48. The molecule has 9 heteroatoms. The minimum atomic E-state index is -4.79. The number of rotatable bonds is 2. The zero-order chi connectivity index (χ0) is 17.5. The molecule has 1 aromatic carbocycles. The molecule has 2 N–H and O–H groups in total. The van der Waals surface area contributed by atoms with E-state index in [0.29, 0.717) is 21.5 Å². The monoisotopic (exact) mass is 336 g/mol. The second kappa shape index (κ2) is 5.52. The van der Waals surface area contributed by atoms with Crippen LogP contribution in [-0.4, -0.2) is 20.3 Å². The van der Waals surface area contributed by atoms with Crippen LogP contribution in [0.5, 0.6) is 0 Å². The second-order valence-corrected chi connectivity index (χ2v) is 5.06. The maximum Gasteiger partial charge on any atom is 0.421 e. The fraction of sp³-hybridized carbons (Fsp3) is 0.133.